The molecule has 2 aromatic rings. The van der Waals surface area contributed by atoms with Crippen LogP contribution in [-0.4, -0.2) is 12.1 Å². The predicted molar refractivity (Wildman–Crippen MR) is 72.9 cm³/mol. The second-order valence-electron chi connectivity index (χ2n) is 3.73. The summed E-state index contributed by atoms with van der Waals surface area (Å²) < 4.78 is 13.3. The highest BCUT2D eigenvalue weighted by Gasteiger charge is 2.08. The van der Waals surface area contributed by atoms with Gasteiger partial charge < -0.3 is 0 Å². The van der Waals surface area contributed by atoms with Crippen molar-refractivity contribution in [1.82, 2.24) is 5.43 Å². The molecule has 0 heterocycles. The van der Waals surface area contributed by atoms with E-state index in [9.17, 15) is 9.18 Å². The minimum Gasteiger partial charge on any atom is -0.267 e. The molecule has 5 heteroatoms. The summed E-state index contributed by atoms with van der Waals surface area (Å²) in [5, 5.41) is 4.37. The lowest BCUT2D eigenvalue weighted by molar-refractivity contribution is 0.0951. The molecular weight excluding hydrogens is 267 g/mol. The summed E-state index contributed by atoms with van der Waals surface area (Å²) in [6.45, 7) is 0. The van der Waals surface area contributed by atoms with Gasteiger partial charge >= 0.3 is 0 Å². The minimum absolute atomic E-state index is 0.0456. The zero-order chi connectivity index (χ0) is 13.7. The van der Waals surface area contributed by atoms with Crippen LogP contribution in [-0.2, 0) is 0 Å². The summed E-state index contributed by atoms with van der Waals surface area (Å²) in [6, 6.07) is 12.6. The molecule has 1 N–H and O–H groups in total. The average Bonchev–Trinajstić information content (AvgIpc) is 2.41. The molecule has 0 aliphatic rings. The molecule has 3 nitrogen and oxygen atoms in total. The van der Waals surface area contributed by atoms with Gasteiger partial charge in [0.05, 0.1) is 11.8 Å². The highest BCUT2D eigenvalue weighted by Crippen LogP contribution is 2.08. The third-order valence-electron chi connectivity index (χ3n) is 2.37. The van der Waals surface area contributed by atoms with Crippen molar-refractivity contribution in [2.24, 2.45) is 5.10 Å². The zero-order valence-electron chi connectivity index (χ0n) is 9.81. The second-order valence-corrected chi connectivity index (χ2v) is 4.17. The van der Waals surface area contributed by atoms with Crippen molar-refractivity contribution in [3.63, 3.8) is 0 Å². The van der Waals surface area contributed by atoms with E-state index in [4.69, 9.17) is 11.6 Å². The molecule has 1 amide bonds. The van der Waals surface area contributed by atoms with E-state index >= 15 is 0 Å². The molecule has 2 rings (SSSR count). The summed E-state index contributed by atoms with van der Waals surface area (Å²) in [6.07, 6.45) is 1.45. The minimum atomic E-state index is -0.594. The van der Waals surface area contributed by atoms with Crippen molar-refractivity contribution in [2.75, 3.05) is 0 Å². The molecule has 0 unspecified atom stereocenters. The van der Waals surface area contributed by atoms with Gasteiger partial charge in [0.1, 0.15) is 5.82 Å². The molecule has 0 aromatic heterocycles. The standard InChI is InChI=1S/C14H10ClFN2O/c15-11-7-5-10(6-8-11)9-17-18-14(19)12-3-1-2-4-13(12)16/h1-9H,(H,18,19)/b17-9+. The Balaban J connectivity index is 2.01. The number of hydrogen-bond acceptors (Lipinski definition) is 2. The van der Waals surface area contributed by atoms with Gasteiger partial charge in [-0.2, -0.15) is 5.10 Å². The van der Waals surface area contributed by atoms with E-state index in [0.29, 0.717) is 5.02 Å². The fourth-order valence-corrected chi connectivity index (χ4v) is 1.55. The smallest absolute Gasteiger partial charge is 0.267 e. The van der Waals surface area contributed by atoms with Crippen LogP contribution >= 0.6 is 11.6 Å². The van der Waals surface area contributed by atoms with Crippen molar-refractivity contribution in [1.29, 1.82) is 0 Å². The lowest BCUT2D eigenvalue weighted by atomic mass is 10.2. The van der Waals surface area contributed by atoms with Gasteiger partial charge in [-0.05, 0) is 29.8 Å². The van der Waals surface area contributed by atoms with Gasteiger partial charge in [-0.3, -0.25) is 4.79 Å². The number of rotatable bonds is 3. The van der Waals surface area contributed by atoms with Gasteiger partial charge in [-0.25, -0.2) is 9.82 Å². The summed E-state index contributed by atoms with van der Waals surface area (Å²) in [4.78, 5) is 11.6. The highest BCUT2D eigenvalue weighted by atomic mass is 35.5. The van der Waals surface area contributed by atoms with Gasteiger partial charge in [-0.15, -0.1) is 0 Å². The lowest BCUT2D eigenvalue weighted by Gasteiger charge is -2.00. The van der Waals surface area contributed by atoms with Crippen LogP contribution in [0.3, 0.4) is 0 Å². The lowest BCUT2D eigenvalue weighted by Crippen LogP contribution is -2.18. The van der Waals surface area contributed by atoms with E-state index in [-0.39, 0.29) is 5.56 Å². The van der Waals surface area contributed by atoms with Crippen LogP contribution in [0.1, 0.15) is 15.9 Å². The molecule has 0 bridgehead atoms. The van der Waals surface area contributed by atoms with E-state index in [2.05, 4.69) is 10.5 Å². The molecule has 0 atom stereocenters. The molecule has 2 aromatic carbocycles. The molecule has 19 heavy (non-hydrogen) atoms. The topological polar surface area (TPSA) is 41.5 Å². The number of nitrogens with one attached hydrogen (secondary N) is 1. The number of benzene rings is 2. The first-order valence-electron chi connectivity index (χ1n) is 5.50. The number of hydrazone groups is 1. The maximum absolute atomic E-state index is 13.3. The van der Waals surface area contributed by atoms with E-state index in [1.807, 2.05) is 0 Å². The van der Waals surface area contributed by atoms with Gasteiger partial charge in [0, 0.05) is 5.02 Å². The van der Waals surface area contributed by atoms with Crippen LogP contribution in [0.4, 0.5) is 4.39 Å². The first kappa shape index (κ1) is 13.2. The van der Waals surface area contributed by atoms with Crippen LogP contribution in [0.15, 0.2) is 53.6 Å². The van der Waals surface area contributed by atoms with E-state index < -0.39 is 11.7 Å². The Kier molecular flexibility index (Phi) is 4.26. The summed E-state index contributed by atoms with van der Waals surface area (Å²) >= 11 is 5.74. The quantitative estimate of drug-likeness (QED) is 0.679. The Morgan fingerprint density at radius 1 is 1.16 bits per heavy atom. The molecule has 0 saturated carbocycles. The Morgan fingerprint density at radius 2 is 1.84 bits per heavy atom. The van der Waals surface area contributed by atoms with Crippen molar-refractivity contribution in [3.05, 3.63) is 70.5 Å². The van der Waals surface area contributed by atoms with Gasteiger partial charge in [0.15, 0.2) is 0 Å². The van der Waals surface area contributed by atoms with Crippen LogP contribution < -0.4 is 5.43 Å². The fraction of sp³-hybridized carbons (Fsp3) is 0. The normalized spacial score (nSPS) is 10.6. The first-order chi connectivity index (χ1) is 9.16. The average molecular weight is 277 g/mol. The third-order valence-corrected chi connectivity index (χ3v) is 2.62. The number of amides is 1. The third kappa shape index (κ3) is 3.63. The Bertz CT molecular complexity index is 611. The first-order valence-corrected chi connectivity index (χ1v) is 5.88. The Hall–Kier alpha value is -2.20. The van der Waals surface area contributed by atoms with Gasteiger partial charge in [-0.1, -0.05) is 35.9 Å². The Morgan fingerprint density at radius 3 is 2.53 bits per heavy atom. The van der Waals surface area contributed by atoms with E-state index in [1.54, 1.807) is 30.3 Å². The van der Waals surface area contributed by atoms with Gasteiger partial charge in [0.2, 0.25) is 0 Å². The zero-order valence-corrected chi connectivity index (χ0v) is 10.6. The maximum Gasteiger partial charge on any atom is 0.274 e. The van der Waals surface area contributed by atoms with Crippen molar-refractivity contribution >= 4 is 23.7 Å². The van der Waals surface area contributed by atoms with Crippen molar-refractivity contribution in [2.45, 2.75) is 0 Å². The van der Waals surface area contributed by atoms with Crippen molar-refractivity contribution < 1.29 is 9.18 Å². The molecule has 0 fully saturated rings. The molecule has 0 spiro atoms. The molecule has 0 aliphatic heterocycles. The monoisotopic (exact) mass is 276 g/mol. The van der Waals surface area contributed by atoms with Gasteiger partial charge in [0.25, 0.3) is 5.91 Å². The predicted octanol–water partition coefficient (Wildman–Crippen LogP) is 3.24. The maximum atomic E-state index is 13.3. The molecule has 96 valence electrons. The van der Waals surface area contributed by atoms with Crippen LogP contribution in [0.5, 0.6) is 0 Å². The summed E-state index contributed by atoms with van der Waals surface area (Å²) in [5.74, 6) is -1.18. The Labute approximate surface area is 114 Å². The van der Waals surface area contributed by atoms with Crippen molar-refractivity contribution in [3.8, 4) is 0 Å². The summed E-state index contributed by atoms with van der Waals surface area (Å²) in [7, 11) is 0. The SMILES string of the molecule is O=C(N/N=C/c1ccc(Cl)cc1)c1ccccc1F. The number of carbonyl (C=O) groups is 1. The highest BCUT2D eigenvalue weighted by molar-refractivity contribution is 6.30. The largest absolute Gasteiger partial charge is 0.274 e. The number of carbonyl (C=O) groups excluding carboxylic acids is 1. The van der Waals surface area contributed by atoms with Crippen LogP contribution in [0.25, 0.3) is 0 Å². The molecule has 0 aliphatic carbocycles. The number of nitrogens with zero attached hydrogens (tertiary/aromatic N) is 1. The summed E-state index contributed by atoms with van der Waals surface area (Å²) in [5.41, 5.74) is 2.99. The molecular formula is C14H10ClFN2O. The van der Waals surface area contributed by atoms with Crippen LogP contribution in [0.2, 0.25) is 5.02 Å². The molecule has 0 radical (unpaired) electrons. The number of hydrogen-bond donors (Lipinski definition) is 1. The second kappa shape index (κ2) is 6.11. The van der Waals surface area contributed by atoms with Crippen LogP contribution in [0, 0.1) is 5.82 Å². The van der Waals surface area contributed by atoms with E-state index in [0.717, 1.165) is 5.56 Å². The molecule has 0 saturated heterocycles. The van der Waals surface area contributed by atoms with E-state index in [1.165, 1.54) is 24.4 Å². The fourth-order valence-electron chi connectivity index (χ4n) is 1.42. The number of halogens is 2.